The van der Waals surface area contributed by atoms with E-state index in [1.165, 1.54) is 0 Å². The van der Waals surface area contributed by atoms with Gasteiger partial charge in [0.1, 0.15) is 11.9 Å². The largest absolute Gasteiger partial charge is 0.380 e. The van der Waals surface area contributed by atoms with Crippen LogP contribution in [0.2, 0.25) is 5.02 Å². The van der Waals surface area contributed by atoms with Gasteiger partial charge in [0.05, 0.1) is 5.02 Å². The number of benzene rings is 1. The van der Waals surface area contributed by atoms with E-state index in [0.717, 1.165) is 5.69 Å². The van der Waals surface area contributed by atoms with Crippen LogP contribution in [0.15, 0.2) is 42.5 Å². The summed E-state index contributed by atoms with van der Waals surface area (Å²) in [6.45, 7) is 5.03. The van der Waals surface area contributed by atoms with E-state index in [2.05, 4.69) is 29.5 Å². The predicted octanol–water partition coefficient (Wildman–Crippen LogP) is 4.16. The van der Waals surface area contributed by atoms with Gasteiger partial charge in [-0.05, 0) is 30.2 Å². The fourth-order valence-electron chi connectivity index (χ4n) is 2.04. The molecule has 4 nitrogen and oxygen atoms in total. The summed E-state index contributed by atoms with van der Waals surface area (Å²) in [5.41, 5.74) is 1.33. The molecule has 0 amide bonds. The minimum absolute atomic E-state index is 0.240. The Morgan fingerprint density at radius 2 is 1.91 bits per heavy atom. The van der Waals surface area contributed by atoms with Crippen LogP contribution in [0, 0.1) is 17.2 Å². The average Bonchev–Trinajstić information content (AvgIpc) is 2.53. The summed E-state index contributed by atoms with van der Waals surface area (Å²) in [4.78, 5) is 4.20. The van der Waals surface area contributed by atoms with Crippen LogP contribution in [0.25, 0.3) is 0 Å². The molecule has 0 radical (unpaired) electrons. The molecule has 114 valence electrons. The van der Waals surface area contributed by atoms with Crippen molar-refractivity contribution in [2.75, 3.05) is 17.2 Å². The van der Waals surface area contributed by atoms with E-state index in [-0.39, 0.29) is 11.7 Å². The molecule has 0 aliphatic carbocycles. The second-order valence-corrected chi connectivity index (χ2v) is 5.79. The Labute approximate surface area is 136 Å². The van der Waals surface area contributed by atoms with Gasteiger partial charge in [-0.15, -0.1) is 0 Å². The van der Waals surface area contributed by atoms with E-state index < -0.39 is 0 Å². The fraction of sp³-hybridized carbons (Fsp3) is 0.294. The highest BCUT2D eigenvalue weighted by Crippen LogP contribution is 2.17. The lowest BCUT2D eigenvalue weighted by molar-refractivity contribution is 0.541. The fourth-order valence-corrected chi connectivity index (χ4v) is 2.18. The molecule has 0 spiro atoms. The summed E-state index contributed by atoms with van der Waals surface area (Å²) in [6, 6.07) is 15.8. The van der Waals surface area contributed by atoms with Crippen LogP contribution in [-0.2, 0) is 0 Å². The molecule has 0 fully saturated rings. The van der Waals surface area contributed by atoms with Crippen molar-refractivity contribution in [3.05, 3.63) is 53.2 Å². The first-order valence-corrected chi connectivity index (χ1v) is 7.60. The molecule has 2 rings (SSSR count). The van der Waals surface area contributed by atoms with Gasteiger partial charge in [-0.3, -0.25) is 0 Å². The molecule has 1 aromatic heterocycles. The highest BCUT2D eigenvalue weighted by molar-refractivity contribution is 6.31. The van der Waals surface area contributed by atoms with Crippen molar-refractivity contribution in [2.24, 2.45) is 5.92 Å². The zero-order valence-corrected chi connectivity index (χ0v) is 13.4. The number of rotatable bonds is 6. The summed E-state index contributed by atoms with van der Waals surface area (Å²) in [7, 11) is 0. The monoisotopic (exact) mass is 314 g/mol. The summed E-state index contributed by atoms with van der Waals surface area (Å²) < 4.78 is 0. The first kappa shape index (κ1) is 16.1. The average molecular weight is 315 g/mol. The van der Waals surface area contributed by atoms with Gasteiger partial charge in [-0.2, -0.15) is 5.26 Å². The van der Waals surface area contributed by atoms with Crippen molar-refractivity contribution in [1.29, 1.82) is 5.26 Å². The minimum atomic E-state index is 0.240. The SMILES string of the molecule is CC(C)C(CNc1ccc(Cl)c(C#N)n1)Nc1ccccc1. The van der Waals surface area contributed by atoms with Crippen molar-refractivity contribution in [1.82, 2.24) is 4.98 Å². The van der Waals surface area contributed by atoms with Crippen molar-refractivity contribution in [3.8, 4) is 6.07 Å². The molecule has 2 aromatic rings. The lowest BCUT2D eigenvalue weighted by atomic mass is 10.0. The number of pyridine rings is 1. The summed E-state index contributed by atoms with van der Waals surface area (Å²) >= 11 is 5.89. The van der Waals surface area contributed by atoms with Crippen LogP contribution in [0.1, 0.15) is 19.5 Å². The molecule has 1 heterocycles. The van der Waals surface area contributed by atoms with E-state index in [0.29, 0.717) is 23.3 Å². The summed E-state index contributed by atoms with van der Waals surface area (Å²) in [5, 5.41) is 16.1. The Morgan fingerprint density at radius 1 is 1.18 bits per heavy atom. The maximum absolute atomic E-state index is 8.97. The number of nitriles is 1. The third-order valence-electron chi connectivity index (χ3n) is 3.39. The Hall–Kier alpha value is -2.25. The Kier molecular flexibility index (Phi) is 5.62. The maximum Gasteiger partial charge on any atom is 0.161 e. The van der Waals surface area contributed by atoms with Gasteiger partial charge in [0.15, 0.2) is 5.69 Å². The zero-order valence-electron chi connectivity index (χ0n) is 12.7. The van der Waals surface area contributed by atoms with Crippen molar-refractivity contribution < 1.29 is 0 Å². The number of hydrogen-bond acceptors (Lipinski definition) is 4. The standard InChI is InChI=1S/C17H19ClN4/c1-12(2)16(21-13-6-4-3-5-7-13)11-20-17-9-8-14(18)15(10-19)22-17/h3-9,12,16,21H,11H2,1-2H3,(H,20,22). The van der Waals surface area contributed by atoms with E-state index in [4.69, 9.17) is 16.9 Å². The molecule has 0 saturated carbocycles. The maximum atomic E-state index is 8.97. The van der Waals surface area contributed by atoms with Gasteiger partial charge in [-0.1, -0.05) is 43.6 Å². The second kappa shape index (κ2) is 7.67. The number of hydrogen-bond donors (Lipinski definition) is 2. The van der Waals surface area contributed by atoms with Gasteiger partial charge in [0.25, 0.3) is 0 Å². The normalized spacial score (nSPS) is 11.8. The number of anilines is 2. The van der Waals surface area contributed by atoms with E-state index in [1.54, 1.807) is 12.1 Å². The first-order chi connectivity index (χ1) is 10.6. The van der Waals surface area contributed by atoms with Crippen molar-refractivity contribution in [3.63, 3.8) is 0 Å². The summed E-state index contributed by atoms with van der Waals surface area (Å²) in [5.74, 6) is 1.09. The molecule has 0 bridgehead atoms. The molecule has 1 unspecified atom stereocenters. The molecule has 0 aliphatic heterocycles. The smallest absolute Gasteiger partial charge is 0.161 e. The van der Waals surface area contributed by atoms with Crippen LogP contribution < -0.4 is 10.6 Å². The molecule has 0 saturated heterocycles. The number of halogens is 1. The third-order valence-corrected chi connectivity index (χ3v) is 3.69. The van der Waals surface area contributed by atoms with Crippen LogP contribution >= 0.6 is 11.6 Å². The van der Waals surface area contributed by atoms with Gasteiger partial charge < -0.3 is 10.6 Å². The lowest BCUT2D eigenvalue weighted by Crippen LogP contribution is -2.33. The van der Waals surface area contributed by atoms with E-state index in [9.17, 15) is 0 Å². The Morgan fingerprint density at radius 3 is 2.55 bits per heavy atom. The number of nitrogens with zero attached hydrogens (tertiary/aromatic N) is 2. The van der Waals surface area contributed by atoms with Crippen LogP contribution in [0.3, 0.4) is 0 Å². The van der Waals surface area contributed by atoms with Crippen molar-refractivity contribution >= 4 is 23.1 Å². The van der Waals surface area contributed by atoms with Crippen molar-refractivity contribution in [2.45, 2.75) is 19.9 Å². The molecule has 0 aliphatic rings. The Balaban J connectivity index is 2.02. The number of nitrogens with one attached hydrogen (secondary N) is 2. The predicted molar refractivity (Wildman–Crippen MR) is 91.1 cm³/mol. The zero-order chi connectivity index (χ0) is 15.9. The van der Waals surface area contributed by atoms with E-state index in [1.807, 2.05) is 36.4 Å². The van der Waals surface area contributed by atoms with Gasteiger partial charge >= 0.3 is 0 Å². The minimum Gasteiger partial charge on any atom is -0.380 e. The molecule has 1 atom stereocenters. The molecule has 2 N–H and O–H groups in total. The second-order valence-electron chi connectivity index (χ2n) is 5.38. The first-order valence-electron chi connectivity index (χ1n) is 7.22. The Bertz CT molecular complexity index is 649. The molecular formula is C17H19ClN4. The number of para-hydroxylation sites is 1. The molecule has 5 heteroatoms. The van der Waals surface area contributed by atoms with E-state index >= 15 is 0 Å². The highest BCUT2D eigenvalue weighted by Gasteiger charge is 2.13. The van der Waals surface area contributed by atoms with Gasteiger partial charge in [0, 0.05) is 18.3 Å². The molecule has 1 aromatic carbocycles. The van der Waals surface area contributed by atoms with Crippen LogP contribution in [0.4, 0.5) is 11.5 Å². The quantitative estimate of drug-likeness (QED) is 0.840. The molecular weight excluding hydrogens is 296 g/mol. The van der Waals surface area contributed by atoms with Crippen LogP contribution in [0.5, 0.6) is 0 Å². The lowest BCUT2D eigenvalue weighted by Gasteiger charge is -2.24. The number of aromatic nitrogens is 1. The molecule has 22 heavy (non-hydrogen) atoms. The topological polar surface area (TPSA) is 60.7 Å². The summed E-state index contributed by atoms with van der Waals surface area (Å²) in [6.07, 6.45) is 0. The third kappa shape index (κ3) is 4.37. The van der Waals surface area contributed by atoms with Gasteiger partial charge in [0.2, 0.25) is 0 Å². The highest BCUT2D eigenvalue weighted by atomic mass is 35.5. The van der Waals surface area contributed by atoms with Gasteiger partial charge in [-0.25, -0.2) is 4.98 Å². The van der Waals surface area contributed by atoms with Crippen LogP contribution in [-0.4, -0.2) is 17.6 Å².